The molecular formula is C29H33N3O4. The van der Waals surface area contributed by atoms with E-state index in [0.29, 0.717) is 23.7 Å². The van der Waals surface area contributed by atoms with Gasteiger partial charge in [-0.25, -0.2) is 4.68 Å². The number of nitrogens with zero attached hydrogens (tertiary/aromatic N) is 2. The molecule has 0 saturated heterocycles. The second-order valence-electron chi connectivity index (χ2n) is 10.4. The van der Waals surface area contributed by atoms with Gasteiger partial charge in [0.15, 0.2) is 17.3 Å². The van der Waals surface area contributed by atoms with E-state index in [1.807, 2.05) is 23.7 Å². The second-order valence-corrected chi connectivity index (χ2v) is 10.4. The molecule has 0 fully saturated rings. The number of carbonyl (C=O) groups excluding carboxylic acids is 1. The number of benzene rings is 2. The molecule has 1 aliphatic carbocycles. The van der Waals surface area contributed by atoms with Gasteiger partial charge in [-0.15, -0.1) is 0 Å². The molecule has 2 heterocycles. The SMILES string of the molecule is COc1cc([C@H]2C3=C(CC(C)(C)CC3=O)Nc3c2c(C)nn3-c2ccc(C)cc2)cc(OC)c1OC. The number of anilines is 1. The van der Waals surface area contributed by atoms with E-state index in [-0.39, 0.29) is 17.1 Å². The first-order valence-electron chi connectivity index (χ1n) is 12.2. The highest BCUT2D eigenvalue weighted by atomic mass is 16.5. The molecule has 7 heteroatoms. The summed E-state index contributed by atoms with van der Waals surface area (Å²) in [6.45, 7) is 8.35. The molecule has 2 aromatic carbocycles. The van der Waals surface area contributed by atoms with E-state index < -0.39 is 0 Å². The van der Waals surface area contributed by atoms with E-state index in [1.165, 1.54) is 5.56 Å². The van der Waals surface area contributed by atoms with Gasteiger partial charge < -0.3 is 19.5 Å². The summed E-state index contributed by atoms with van der Waals surface area (Å²) in [6.07, 6.45) is 1.27. The van der Waals surface area contributed by atoms with Crippen molar-refractivity contribution in [1.82, 2.24) is 9.78 Å². The smallest absolute Gasteiger partial charge is 0.203 e. The number of ether oxygens (including phenoxy) is 3. The molecule has 0 bridgehead atoms. The molecule has 0 unspecified atom stereocenters. The Kier molecular flexibility index (Phi) is 5.81. The first-order chi connectivity index (χ1) is 17.2. The number of hydrogen-bond acceptors (Lipinski definition) is 6. The van der Waals surface area contributed by atoms with Gasteiger partial charge in [-0.1, -0.05) is 31.5 Å². The lowest BCUT2D eigenvalue weighted by atomic mass is 9.69. The van der Waals surface area contributed by atoms with Crippen LogP contribution in [0.4, 0.5) is 5.82 Å². The quantitative estimate of drug-likeness (QED) is 0.497. The fourth-order valence-corrected chi connectivity index (χ4v) is 5.55. The molecule has 1 N–H and O–H groups in total. The number of fused-ring (bicyclic) bond motifs is 1. The van der Waals surface area contributed by atoms with Gasteiger partial charge in [-0.2, -0.15) is 5.10 Å². The number of rotatable bonds is 5. The molecule has 0 spiro atoms. The summed E-state index contributed by atoms with van der Waals surface area (Å²) < 4.78 is 18.8. The molecule has 0 amide bonds. The van der Waals surface area contributed by atoms with E-state index in [0.717, 1.165) is 46.0 Å². The van der Waals surface area contributed by atoms with Gasteiger partial charge in [0.2, 0.25) is 5.75 Å². The maximum atomic E-state index is 13.7. The van der Waals surface area contributed by atoms with Crippen molar-refractivity contribution in [3.8, 4) is 22.9 Å². The van der Waals surface area contributed by atoms with Crippen molar-refractivity contribution in [2.45, 2.75) is 46.5 Å². The van der Waals surface area contributed by atoms with Crippen molar-refractivity contribution in [1.29, 1.82) is 0 Å². The summed E-state index contributed by atoms with van der Waals surface area (Å²) in [6, 6.07) is 12.2. The molecule has 0 radical (unpaired) electrons. The minimum atomic E-state index is -0.312. The fraction of sp³-hybridized carbons (Fsp3) is 0.379. The molecule has 0 saturated carbocycles. The van der Waals surface area contributed by atoms with E-state index >= 15 is 0 Å². The van der Waals surface area contributed by atoms with Crippen LogP contribution < -0.4 is 19.5 Å². The van der Waals surface area contributed by atoms with Crippen LogP contribution in [0, 0.1) is 19.3 Å². The number of nitrogens with one attached hydrogen (secondary N) is 1. The maximum Gasteiger partial charge on any atom is 0.203 e. The lowest BCUT2D eigenvalue weighted by Gasteiger charge is -2.39. The van der Waals surface area contributed by atoms with Crippen molar-refractivity contribution in [3.63, 3.8) is 0 Å². The van der Waals surface area contributed by atoms with Crippen LogP contribution in [0.25, 0.3) is 5.69 Å². The Balaban J connectivity index is 1.78. The lowest BCUT2D eigenvalue weighted by molar-refractivity contribution is -0.118. The fourth-order valence-electron chi connectivity index (χ4n) is 5.55. The normalized spacial score (nSPS) is 18.3. The molecule has 7 nitrogen and oxygen atoms in total. The van der Waals surface area contributed by atoms with Crippen molar-refractivity contribution in [2.24, 2.45) is 5.41 Å². The topological polar surface area (TPSA) is 74.6 Å². The Morgan fingerprint density at radius 1 is 0.972 bits per heavy atom. The molecular weight excluding hydrogens is 454 g/mol. The Morgan fingerprint density at radius 2 is 1.61 bits per heavy atom. The van der Waals surface area contributed by atoms with Gasteiger partial charge in [0.05, 0.1) is 32.7 Å². The van der Waals surface area contributed by atoms with Gasteiger partial charge in [-0.05, 0) is 55.5 Å². The zero-order chi connectivity index (χ0) is 25.8. The van der Waals surface area contributed by atoms with E-state index in [2.05, 4.69) is 50.4 Å². The summed E-state index contributed by atoms with van der Waals surface area (Å²) >= 11 is 0. The van der Waals surface area contributed by atoms with Crippen LogP contribution >= 0.6 is 0 Å². The van der Waals surface area contributed by atoms with E-state index in [9.17, 15) is 4.79 Å². The number of aromatic nitrogens is 2. The van der Waals surface area contributed by atoms with E-state index in [4.69, 9.17) is 19.3 Å². The van der Waals surface area contributed by atoms with Crippen LogP contribution in [0.5, 0.6) is 17.2 Å². The first kappa shape index (κ1) is 24.0. The number of methoxy groups -OCH3 is 3. The Hall–Kier alpha value is -3.74. The molecule has 3 aromatic rings. The summed E-state index contributed by atoms with van der Waals surface area (Å²) in [5, 5.41) is 8.57. The monoisotopic (exact) mass is 487 g/mol. The summed E-state index contributed by atoms with van der Waals surface area (Å²) in [5.41, 5.74) is 6.51. The minimum Gasteiger partial charge on any atom is -0.493 e. The number of aryl methyl sites for hydroxylation is 2. The average molecular weight is 488 g/mol. The third-order valence-corrected chi connectivity index (χ3v) is 7.17. The third-order valence-electron chi connectivity index (χ3n) is 7.17. The number of Topliss-reactive ketones (excluding diaryl/α,β-unsaturated/α-hetero) is 1. The largest absolute Gasteiger partial charge is 0.493 e. The Bertz CT molecular complexity index is 1360. The minimum absolute atomic E-state index is 0.135. The summed E-state index contributed by atoms with van der Waals surface area (Å²) in [7, 11) is 4.80. The lowest BCUT2D eigenvalue weighted by Crippen LogP contribution is -2.34. The number of allylic oxidation sites excluding steroid dienone is 2. The highest BCUT2D eigenvalue weighted by Gasteiger charge is 2.43. The summed E-state index contributed by atoms with van der Waals surface area (Å²) in [4.78, 5) is 13.7. The van der Waals surface area contributed by atoms with Gasteiger partial charge in [0.1, 0.15) is 5.82 Å². The number of ketones is 1. The van der Waals surface area contributed by atoms with Gasteiger partial charge in [0.25, 0.3) is 0 Å². The van der Waals surface area contributed by atoms with Gasteiger partial charge >= 0.3 is 0 Å². The highest BCUT2D eigenvalue weighted by Crippen LogP contribution is 2.52. The molecule has 36 heavy (non-hydrogen) atoms. The van der Waals surface area contributed by atoms with Crippen LogP contribution in [0.1, 0.15) is 55.0 Å². The van der Waals surface area contributed by atoms with Crippen molar-refractivity contribution < 1.29 is 19.0 Å². The molecule has 1 aliphatic heterocycles. The molecule has 1 atom stereocenters. The zero-order valence-electron chi connectivity index (χ0n) is 22.0. The van der Waals surface area contributed by atoms with Crippen molar-refractivity contribution >= 4 is 11.6 Å². The third kappa shape index (κ3) is 3.83. The Morgan fingerprint density at radius 3 is 2.19 bits per heavy atom. The molecule has 2 aliphatic rings. The second kappa shape index (κ2) is 8.73. The van der Waals surface area contributed by atoms with Gasteiger partial charge in [0, 0.05) is 29.2 Å². The standard InChI is InChI=1S/C29H33N3O4/c1-16-8-10-19(11-9-16)32-28-24(17(2)31-32)25(26-20(30-28)14-29(3,4)15-21(26)33)18-12-22(34-5)27(36-7)23(13-18)35-6/h8-13,25,30H,14-15H2,1-7H3/t25-/m1/s1. The van der Waals surface area contributed by atoms with Crippen LogP contribution in [0.15, 0.2) is 47.7 Å². The Labute approximate surface area is 212 Å². The predicted molar refractivity (Wildman–Crippen MR) is 140 cm³/mol. The molecule has 5 rings (SSSR count). The molecule has 1 aromatic heterocycles. The maximum absolute atomic E-state index is 13.7. The van der Waals surface area contributed by atoms with Crippen molar-refractivity contribution in [3.05, 3.63) is 70.1 Å². The van der Waals surface area contributed by atoms with Crippen LogP contribution in [0.2, 0.25) is 0 Å². The van der Waals surface area contributed by atoms with Crippen molar-refractivity contribution in [2.75, 3.05) is 26.6 Å². The number of carbonyl (C=O) groups is 1. The van der Waals surface area contributed by atoms with Gasteiger partial charge in [-0.3, -0.25) is 4.79 Å². The number of hydrogen-bond donors (Lipinski definition) is 1. The van der Waals surface area contributed by atoms with Crippen LogP contribution in [-0.4, -0.2) is 36.9 Å². The zero-order valence-corrected chi connectivity index (χ0v) is 22.0. The first-order valence-corrected chi connectivity index (χ1v) is 12.2. The highest BCUT2D eigenvalue weighted by molar-refractivity contribution is 6.01. The van der Waals surface area contributed by atoms with Crippen LogP contribution in [-0.2, 0) is 4.79 Å². The predicted octanol–water partition coefficient (Wildman–Crippen LogP) is 5.72. The molecule has 188 valence electrons. The average Bonchev–Trinajstić information content (AvgIpc) is 3.17. The summed E-state index contributed by atoms with van der Waals surface area (Å²) in [5.74, 6) is 2.37. The van der Waals surface area contributed by atoms with E-state index in [1.54, 1.807) is 21.3 Å². The van der Waals surface area contributed by atoms with Crippen LogP contribution in [0.3, 0.4) is 0 Å².